The van der Waals surface area contributed by atoms with Crippen LogP contribution in [0.1, 0.15) is 69.5 Å². The average Bonchev–Trinajstić information content (AvgIpc) is 2.69. The van der Waals surface area contributed by atoms with E-state index in [0.29, 0.717) is 18.6 Å². The third kappa shape index (κ3) is 5.34. The van der Waals surface area contributed by atoms with Crippen LogP contribution in [0.4, 0.5) is 0 Å². The van der Waals surface area contributed by atoms with E-state index < -0.39 is 31.7 Å². The number of esters is 1. The number of fused-ring (bicyclic) bond motifs is 1. The highest BCUT2D eigenvalue weighted by molar-refractivity contribution is 5.97. The van der Waals surface area contributed by atoms with E-state index >= 15 is 0 Å². The van der Waals surface area contributed by atoms with Gasteiger partial charge in [-0.1, -0.05) is 12.2 Å². The quantitative estimate of drug-likeness (QED) is 0.747. The zero-order chi connectivity index (χ0) is 23.4. The van der Waals surface area contributed by atoms with Crippen molar-refractivity contribution in [1.82, 2.24) is 0 Å². The Balaban J connectivity index is 2.68. The van der Waals surface area contributed by atoms with E-state index in [1.54, 1.807) is 12.2 Å². The van der Waals surface area contributed by atoms with Gasteiger partial charge in [0.25, 0.3) is 0 Å². The Morgan fingerprint density at radius 2 is 2.04 bits per heavy atom. The first-order valence-corrected chi connectivity index (χ1v) is 8.04. The first-order chi connectivity index (χ1) is 14.4. The van der Waals surface area contributed by atoms with Gasteiger partial charge in [-0.3, -0.25) is 4.79 Å². The zero-order valence-electron chi connectivity index (χ0n) is 20.4. The van der Waals surface area contributed by atoms with E-state index in [-0.39, 0.29) is 35.5 Å². The van der Waals surface area contributed by atoms with Gasteiger partial charge in [-0.05, 0) is 44.1 Å². The van der Waals surface area contributed by atoms with Crippen LogP contribution in [-0.2, 0) is 9.53 Å². The summed E-state index contributed by atoms with van der Waals surface area (Å²) in [7, 11) is 2.73. The van der Waals surface area contributed by atoms with Crippen LogP contribution in [0.2, 0.25) is 0 Å². The molecule has 0 spiro atoms. The lowest BCUT2D eigenvalue weighted by molar-refractivity contribution is -0.119. The molecule has 5 heteroatoms. The van der Waals surface area contributed by atoms with Crippen molar-refractivity contribution in [3.63, 3.8) is 0 Å². The maximum absolute atomic E-state index is 13.1. The predicted octanol–water partition coefficient (Wildman–Crippen LogP) is 4.19. The average molecular weight is 352 g/mol. The maximum atomic E-state index is 13.1. The summed E-state index contributed by atoms with van der Waals surface area (Å²) in [5.41, 5.74) is 0.141. The molecule has 136 valence electrons. The lowest BCUT2D eigenvalue weighted by Gasteiger charge is -2.17. The molecule has 0 fully saturated rings. The summed E-state index contributed by atoms with van der Waals surface area (Å²) >= 11 is 0. The van der Waals surface area contributed by atoms with E-state index in [1.807, 2.05) is 0 Å². The molecule has 1 heterocycles. The molecule has 1 aromatic carbocycles. The van der Waals surface area contributed by atoms with Crippen molar-refractivity contribution in [1.29, 1.82) is 0 Å². The van der Waals surface area contributed by atoms with Crippen molar-refractivity contribution in [2.45, 2.75) is 51.4 Å². The number of carbonyl (C=O) groups is 2. The van der Waals surface area contributed by atoms with E-state index in [4.69, 9.17) is 22.4 Å². The molecule has 1 aromatic rings. The lowest BCUT2D eigenvalue weighted by atomic mass is 10.0. The van der Waals surface area contributed by atoms with Gasteiger partial charge in [0.2, 0.25) is 0 Å². The Bertz CT molecular complexity index is 864. The molecule has 0 bridgehead atoms. The SMILES string of the molecule is [2H]C([2H])([2H])C1([2H])OC(=O)c2c(cc(OC)cc2OC)/C=C/CCCC(=O)CCC1([2H])[2H]. The number of allylic oxidation sites excluding steroid dienone is 1. The fraction of sp³-hybridized carbons (Fsp3) is 0.500. The van der Waals surface area contributed by atoms with E-state index in [2.05, 4.69) is 0 Å². The number of hydrogen-bond donors (Lipinski definition) is 0. The van der Waals surface area contributed by atoms with Crippen molar-refractivity contribution < 1.29 is 32.0 Å². The molecule has 1 atom stereocenters. The van der Waals surface area contributed by atoms with Crippen molar-refractivity contribution in [2.24, 2.45) is 0 Å². The van der Waals surface area contributed by atoms with Gasteiger partial charge in [0.1, 0.15) is 22.8 Å². The van der Waals surface area contributed by atoms with Crippen LogP contribution in [0.15, 0.2) is 18.2 Å². The van der Waals surface area contributed by atoms with E-state index in [9.17, 15) is 9.59 Å². The third-order valence-electron chi connectivity index (χ3n) is 3.77. The summed E-state index contributed by atoms with van der Waals surface area (Å²) in [4.78, 5) is 25.2. The number of carbonyl (C=O) groups excluding carboxylic acids is 2. The summed E-state index contributed by atoms with van der Waals surface area (Å²) in [5, 5.41) is 0. The highest BCUT2D eigenvalue weighted by atomic mass is 16.5. The van der Waals surface area contributed by atoms with Crippen LogP contribution in [0, 0.1) is 0 Å². The first-order valence-electron chi connectivity index (χ1n) is 11.0. The third-order valence-corrected chi connectivity index (χ3v) is 3.77. The Labute approximate surface area is 157 Å². The predicted molar refractivity (Wildman–Crippen MR) is 96.2 cm³/mol. The highest BCUT2D eigenvalue weighted by Gasteiger charge is 2.21. The Kier molecular flexibility index (Phi) is 4.49. The molecule has 0 aromatic heterocycles. The molecule has 2 rings (SSSR count). The molecule has 0 N–H and O–H groups in total. The van der Waals surface area contributed by atoms with Crippen LogP contribution < -0.4 is 9.47 Å². The fourth-order valence-corrected chi connectivity index (χ4v) is 2.49. The zero-order valence-corrected chi connectivity index (χ0v) is 14.4. The summed E-state index contributed by atoms with van der Waals surface area (Å²) in [6.07, 6.45) is -2.32. The smallest absolute Gasteiger partial charge is 0.342 e. The van der Waals surface area contributed by atoms with Gasteiger partial charge in [-0.15, -0.1) is 0 Å². The van der Waals surface area contributed by atoms with Crippen LogP contribution in [0.3, 0.4) is 0 Å². The summed E-state index contributed by atoms with van der Waals surface area (Å²) in [6, 6.07) is 2.92. The van der Waals surface area contributed by atoms with Gasteiger partial charge in [-0.25, -0.2) is 4.79 Å². The first kappa shape index (κ1) is 12.1. The minimum absolute atomic E-state index is 0.0275. The molecular formula is C20H26O5. The molecule has 0 saturated heterocycles. The van der Waals surface area contributed by atoms with Crippen LogP contribution in [0.5, 0.6) is 11.5 Å². The molecule has 5 nitrogen and oxygen atoms in total. The fourth-order valence-electron chi connectivity index (χ4n) is 2.49. The maximum Gasteiger partial charge on any atom is 0.342 e. The standard InChI is InChI=1S/C20H26O5/c1-14-8-7-11-16(21)10-6-4-5-9-15-12-17(23-2)13-18(24-3)19(15)20(22)25-14/h5,9,12-14H,4,6-8,10-11H2,1-3H3/b9-5+/i1D3,8D2,14D. The molecule has 1 unspecified atom stereocenters. The number of rotatable bonds is 2. The largest absolute Gasteiger partial charge is 0.497 e. The molecule has 1 aliphatic heterocycles. The molecule has 1 aliphatic rings. The number of benzene rings is 1. The van der Waals surface area contributed by atoms with Gasteiger partial charge in [0.05, 0.1) is 21.7 Å². The van der Waals surface area contributed by atoms with Crippen LogP contribution in [-0.4, -0.2) is 32.1 Å². The van der Waals surface area contributed by atoms with Gasteiger partial charge in [0.15, 0.2) is 0 Å². The van der Waals surface area contributed by atoms with Crippen LogP contribution in [0.25, 0.3) is 6.08 Å². The molecule has 0 radical (unpaired) electrons. The van der Waals surface area contributed by atoms with Gasteiger partial charge in [0, 0.05) is 25.8 Å². The summed E-state index contributed by atoms with van der Waals surface area (Å²) < 4.78 is 63.5. The van der Waals surface area contributed by atoms with Crippen molar-refractivity contribution in [3.05, 3.63) is 29.3 Å². The van der Waals surface area contributed by atoms with Crippen molar-refractivity contribution in [3.8, 4) is 11.5 Å². The number of ether oxygens (including phenoxy) is 3. The molecule has 0 amide bonds. The molecule has 0 aliphatic carbocycles. The summed E-state index contributed by atoms with van der Waals surface area (Å²) in [5.74, 6) is -1.08. The number of cyclic esters (lactones) is 1. The highest BCUT2D eigenvalue weighted by Crippen LogP contribution is 2.31. The monoisotopic (exact) mass is 352 g/mol. The number of ketones is 1. The van der Waals surface area contributed by atoms with Gasteiger partial charge in [-0.2, -0.15) is 0 Å². The van der Waals surface area contributed by atoms with Gasteiger partial charge >= 0.3 is 5.97 Å². The normalized spacial score (nSPS) is 29.8. The van der Waals surface area contributed by atoms with Crippen LogP contribution >= 0.6 is 0 Å². The van der Waals surface area contributed by atoms with E-state index in [0.717, 1.165) is 0 Å². The van der Waals surface area contributed by atoms with Gasteiger partial charge < -0.3 is 14.2 Å². The molecule has 0 saturated carbocycles. The minimum Gasteiger partial charge on any atom is -0.497 e. The number of hydrogen-bond acceptors (Lipinski definition) is 5. The molecular weight excluding hydrogens is 320 g/mol. The van der Waals surface area contributed by atoms with Crippen molar-refractivity contribution in [2.75, 3.05) is 14.2 Å². The Hall–Kier alpha value is -2.30. The number of methoxy groups -OCH3 is 2. The minimum atomic E-state index is -3.32. The lowest BCUT2D eigenvalue weighted by Crippen LogP contribution is -2.17. The van der Waals surface area contributed by atoms with E-state index in [1.165, 1.54) is 26.4 Å². The van der Waals surface area contributed by atoms with Crippen molar-refractivity contribution >= 4 is 17.8 Å². The summed E-state index contributed by atoms with van der Waals surface area (Å²) in [6.45, 7) is -3.32. The second-order valence-electron chi connectivity index (χ2n) is 5.52. The topological polar surface area (TPSA) is 61.8 Å². The number of Topliss-reactive ketones (excluding diaryl/α,β-unsaturated/α-hetero) is 1. The molecule has 25 heavy (non-hydrogen) atoms. The Morgan fingerprint density at radius 3 is 2.76 bits per heavy atom. The Morgan fingerprint density at radius 1 is 1.24 bits per heavy atom. The second-order valence-corrected chi connectivity index (χ2v) is 5.52. The second kappa shape index (κ2) is 9.25.